The first-order chi connectivity index (χ1) is 11.9. The van der Waals surface area contributed by atoms with Crippen LogP contribution in [-0.4, -0.2) is 16.5 Å². The molecule has 0 saturated carbocycles. The molecule has 2 nitrogen and oxygen atoms in total. The fourth-order valence-corrected chi connectivity index (χ4v) is 2.93. The Bertz CT molecular complexity index is 822. The van der Waals surface area contributed by atoms with Gasteiger partial charge in [-0.2, -0.15) is 13.2 Å². The van der Waals surface area contributed by atoms with Crippen molar-refractivity contribution < 1.29 is 13.2 Å². The number of hydrogen-bond acceptors (Lipinski definition) is 1. The summed E-state index contributed by atoms with van der Waals surface area (Å²) in [6.45, 7) is 1.28. The summed E-state index contributed by atoms with van der Waals surface area (Å²) < 4.78 is 41.5. The van der Waals surface area contributed by atoms with E-state index in [2.05, 4.69) is 4.90 Å². The first-order valence-electron chi connectivity index (χ1n) is 8.00. The average Bonchev–Trinajstić information content (AvgIpc) is 3.03. The number of benzene rings is 2. The quantitative estimate of drug-likeness (QED) is 0.623. The first-order valence-corrected chi connectivity index (χ1v) is 8.00. The van der Waals surface area contributed by atoms with Gasteiger partial charge in [-0.3, -0.25) is 4.90 Å². The molecule has 3 rings (SSSR count). The van der Waals surface area contributed by atoms with Crippen LogP contribution in [0.2, 0.25) is 0 Å². The lowest BCUT2D eigenvalue weighted by Crippen LogP contribution is -2.20. The number of rotatable bonds is 5. The van der Waals surface area contributed by atoms with E-state index in [-0.39, 0.29) is 5.69 Å². The summed E-state index contributed by atoms with van der Waals surface area (Å²) >= 11 is 0. The summed E-state index contributed by atoms with van der Waals surface area (Å²) in [6, 6.07) is 19.3. The van der Waals surface area contributed by atoms with Crippen molar-refractivity contribution in [1.82, 2.24) is 9.47 Å². The highest BCUT2D eigenvalue weighted by atomic mass is 19.4. The van der Waals surface area contributed by atoms with Gasteiger partial charge < -0.3 is 4.57 Å². The van der Waals surface area contributed by atoms with Crippen LogP contribution in [0.1, 0.15) is 16.8 Å². The van der Waals surface area contributed by atoms with E-state index in [1.165, 1.54) is 17.7 Å². The van der Waals surface area contributed by atoms with Crippen LogP contribution in [0.15, 0.2) is 72.9 Å². The van der Waals surface area contributed by atoms with E-state index < -0.39 is 11.7 Å². The van der Waals surface area contributed by atoms with Crippen LogP contribution in [-0.2, 0) is 19.3 Å². The van der Waals surface area contributed by atoms with Crippen molar-refractivity contribution >= 4 is 0 Å². The summed E-state index contributed by atoms with van der Waals surface area (Å²) in [4.78, 5) is 2.08. The number of halogens is 3. The van der Waals surface area contributed by atoms with Crippen LogP contribution in [0.5, 0.6) is 0 Å². The van der Waals surface area contributed by atoms with Gasteiger partial charge in [-0.1, -0.05) is 42.5 Å². The zero-order valence-electron chi connectivity index (χ0n) is 13.9. The summed E-state index contributed by atoms with van der Waals surface area (Å²) in [5, 5.41) is 0. The molecule has 5 heteroatoms. The Morgan fingerprint density at radius 2 is 1.52 bits per heavy atom. The van der Waals surface area contributed by atoms with Crippen molar-refractivity contribution in [1.29, 1.82) is 0 Å². The van der Waals surface area contributed by atoms with E-state index in [1.807, 2.05) is 43.4 Å². The number of aromatic nitrogens is 1. The van der Waals surface area contributed by atoms with Gasteiger partial charge in [0.15, 0.2) is 0 Å². The molecule has 0 N–H and O–H groups in total. The zero-order valence-corrected chi connectivity index (χ0v) is 13.9. The Morgan fingerprint density at radius 1 is 0.840 bits per heavy atom. The molecule has 1 heterocycles. The molecule has 0 unspecified atom stereocenters. The molecule has 2 aromatic carbocycles. The van der Waals surface area contributed by atoms with Crippen LogP contribution in [0, 0.1) is 0 Å². The number of nitrogens with zero attached hydrogens (tertiary/aromatic N) is 2. The van der Waals surface area contributed by atoms with Crippen molar-refractivity contribution in [2.45, 2.75) is 19.3 Å². The lowest BCUT2D eigenvalue weighted by molar-refractivity contribution is -0.137. The summed E-state index contributed by atoms with van der Waals surface area (Å²) in [5.74, 6) is 0. The van der Waals surface area contributed by atoms with E-state index >= 15 is 0 Å². The molecule has 0 aliphatic heterocycles. The van der Waals surface area contributed by atoms with Crippen LogP contribution < -0.4 is 0 Å². The van der Waals surface area contributed by atoms with E-state index in [0.717, 1.165) is 18.3 Å². The van der Waals surface area contributed by atoms with Gasteiger partial charge in [0.05, 0.1) is 11.3 Å². The van der Waals surface area contributed by atoms with Crippen LogP contribution in [0.3, 0.4) is 0 Å². The Hall–Kier alpha value is -2.53. The maximum Gasteiger partial charge on any atom is 0.418 e. The highest BCUT2D eigenvalue weighted by molar-refractivity contribution is 5.44. The fourth-order valence-electron chi connectivity index (χ4n) is 2.93. The van der Waals surface area contributed by atoms with Crippen molar-refractivity contribution in [2.75, 3.05) is 7.05 Å². The van der Waals surface area contributed by atoms with Crippen LogP contribution >= 0.6 is 0 Å². The minimum Gasteiger partial charge on any atom is -0.319 e. The molecule has 1 aromatic heterocycles. The van der Waals surface area contributed by atoms with Gasteiger partial charge >= 0.3 is 6.18 Å². The molecule has 0 radical (unpaired) electrons. The van der Waals surface area contributed by atoms with E-state index in [1.54, 1.807) is 22.9 Å². The lowest BCUT2D eigenvalue weighted by Gasteiger charge is -2.20. The normalized spacial score (nSPS) is 11.9. The Morgan fingerprint density at radius 3 is 2.24 bits per heavy atom. The third-order valence-electron chi connectivity index (χ3n) is 4.03. The second-order valence-electron chi connectivity index (χ2n) is 6.04. The molecule has 0 aliphatic carbocycles. The van der Waals surface area contributed by atoms with Gasteiger partial charge in [-0.15, -0.1) is 0 Å². The SMILES string of the molecule is CN(Cc1ccccc1)Cc1cccn1-c1ccccc1C(F)(F)F. The maximum atomic E-state index is 13.3. The van der Waals surface area contributed by atoms with Crippen molar-refractivity contribution in [3.8, 4) is 5.69 Å². The molecule has 25 heavy (non-hydrogen) atoms. The first kappa shape index (κ1) is 17.3. The largest absolute Gasteiger partial charge is 0.418 e. The minimum absolute atomic E-state index is 0.156. The lowest BCUT2D eigenvalue weighted by atomic mass is 10.1. The van der Waals surface area contributed by atoms with E-state index in [0.29, 0.717) is 6.54 Å². The average molecular weight is 344 g/mol. The predicted octanol–water partition coefficient (Wildman–Crippen LogP) is 5.13. The summed E-state index contributed by atoms with van der Waals surface area (Å²) in [5.41, 5.74) is 1.51. The molecule has 3 aromatic rings. The monoisotopic (exact) mass is 344 g/mol. The molecule has 0 saturated heterocycles. The topological polar surface area (TPSA) is 8.17 Å². The summed E-state index contributed by atoms with van der Waals surface area (Å²) in [7, 11) is 1.96. The van der Waals surface area contributed by atoms with Gasteiger partial charge in [0.2, 0.25) is 0 Å². The molecule has 0 bridgehead atoms. The van der Waals surface area contributed by atoms with Gasteiger partial charge in [0.25, 0.3) is 0 Å². The van der Waals surface area contributed by atoms with E-state index in [9.17, 15) is 13.2 Å². The van der Waals surface area contributed by atoms with Gasteiger partial charge in [0, 0.05) is 25.0 Å². The molecule has 0 amide bonds. The standard InChI is InChI=1S/C20H19F3N2/c1-24(14-16-8-3-2-4-9-16)15-17-10-7-13-25(17)19-12-6-5-11-18(19)20(21,22)23/h2-13H,14-15H2,1H3. The summed E-state index contributed by atoms with van der Waals surface area (Å²) in [6.07, 6.45) is -2.70. The highest BCUT2D eigenvalue weighted by Gasteiger charge is 2.33. The van der Waals surface area contributed by atoms with Gasteiger partial charge in [-0.25, -0.2) is 0 Å². The molecule has 0 atom stereocenters. The molecular weight excluding hydrogens is 325 g/mol. The van der Waals surface area contributed by atoms with Crippen LogP contribution in [0.4, 0.5) is 13.2 Å². The third-order valence-corrected chi connectivity index (χ3v) is 4.03. The van der Waals surface area contributed by atoms with E-state index in [4.69, 9.17) is 0 Å². The molecule has 130 valence electrons. The second-order valence-corrected chi connectivity index (χ2v) is 6.04. The number of hydrogen-bond donors (Lipinski definition) is 0. The predicted molar refractivity (Wildman–Crippen MR) is 92.4 cm³/mol. The molecule has 0 fully saturated rings. The van der Waals surface area contributed by atoms with Crippen molar-refractivity contribution in [2.24, 2.45) is 0 Å². The second kappa shape index (κ2) is 7.15. The third kappa shape index (κ3) is 4.12. The Labute approximate surface area is 145 Å². The van der Waals surface area contributed by atoms with Crippen LogP contribution in [0.25, 0.3) is 5.69 Å². The molecule has 0 aliphatic rings. The minimum atomic E-state index is -4.38. The van der Waals surface area contributed by atoms with Gasteiger partial charge in [0.1, 0.15) is 0 Å². The van der Waals surface area contributed by atoms with Crippen molar-refractivity contribution in [3.63, 3.8) is 0 Å². The maximum absolute atomic E-state index is 13.3. The zero-order chi connectivity index (χ0) is 17.9. The molecule has 0 spiro atoms. The number of alkyl halides is 3. The molecular formula is C20H19F3N2. The highest BCUT2D eigenvalue weighted by Crippen LogP contribution is 2.34. The Balaban J connectivity index is 1.84. The fraction of sp³-hybridized carbons (Fsp3) is 0.200. The number of para-hydroxylation sites is 1. The smallest absolute Gasteiger partial charge is 0.319 e. The van der Waals surface area contributed by atoms with Gasteiger partial charge in [-0.05, 0) is 36.9 Å². The Kier molecular flexibility index (Phi) is 4.95. The van der Waals surface area contributed by atoms with Crippen molar-refractivity contribution in [3.05, 3.63) is 89.7 Å².